The highest BCUT2D eigenvalue weighted by Crippen LogP contribution is 2.31. The average Bonchev–Trinajstić information content (AvgIpc) is 2.74. The molecule has 108 valence electrons. The van der Waals surface area contributed by atoms with Crippen LogP contribution in [0.5, 0.6) is 0 Å². The minimum absolute atomic E-state index is 0.267. The predicted octanol–water partition coefficient (Wildman–Crippen LogP) is 2.75. The molecule has 0 aliphatic carbocycles. The molecule has 0 bridgehead atoms. The van der Waals surface area contributed by atoms with E-state index >= 15 is 0 Å². The van der Waals surface area contributed by atoms with E-state index in [4.69, 9.17) is 5.73 Å². The Morgan fingerprint density at radius 1 is 1.38 bits per heavy atom. The lowest BCUT2D eigenvalue weighted by atomic mass is 10.1. The molecule has 1 heterocycles. The summed E-state index contributed by atoms with van der Waals surface area (Å²) in [4.78, 5) is 13.2. The van der Waals surface area contributed by atoms with Crippen molar-refractivity contribution in [2.45, 2.75) is 26.3 Å². The van der Waals surface area contributed by atoms with Crippen molar-refractivity contribution in [2.24, 2.45) is 5.73 Å². The first-order valence-electron chi connectivity index (χ1n) is 6.63. The number of aryl methyl sites for hydroxylation is 1. The predicted molar refractivity (Wildman–Crippen MR) is 85.3 cm³/mol. The van der Waals surface area contributed by atoms with Gasteiger partial charge in [-0.05, 0) is 31.4 Å². The molecule has 2 rings (SSSR count). The number of benzene rings is 1. The molecule has 3 N–H and O–H groups in total. The highest BCUT2D eigenvalue weighted by atomic mass is 32.1. The van der Waals surface area contributed by atoms with Crippen molar-refractivity contribution in [3.05, 3.63) is 51.9 Å². The smallest absolute Gasteiger partial charge is 0.242 e. The summed E-state index contributed by atoms with van der Waals surface area (Å²) in [5.41, 5.74) is 8.39. The zero-order chi connectivity index (χ0) is 15.4. The fraction of sp³-hybridized carbons (Fsp3) is 0.250. The molecule has 4 nitrogen and oxygen atoms in total. The number of hydrogen-bond donors (Lipinski definition) is 2. The Balaban J connectivity index is 2.08. The summed E-state index contributed by atoms with van der Waals surface area (Å²) in [5, 5.41) is 12.5. The number of nitriles is 1. The lowest BCUT2D eigenvalue weighted by Gasteiger charge is -2.11. The van der Waals surface area contributed by atoms with Crippen LogP contribution in [0, 0.1) is 25.2 Å². The van der Waals surface area contributed by atoms with Gasteiger partial charge in [0.1, 0.15) is 11.1 Å². The monoisotopic (exact) mass is 299 g/mol. The summed E-state index contributed by atoms with van der Waals surface area (Å²) < 4.78 is 0. The average molecular weight is 299 g/mol. The number of hydrogen-bond acceptors (Lipinski definition) is 4. The van der Waals surface area contributed by atoms with Crippen molar-refractivity contribution in [2.75, 3.05) is 5.32 Å². The Labute approximate surface area is 128 Å². The highest BCUT2D eigenvalue weighted by Gasteiger charge is 2.19. The van der Waals surface area contributed by atoms with E-state index in [1.807, 2.05) is 44.2 Å². The lowest BCUT2D eigenvalue weighted by molar-refractivity contribution is -0.117. The summed E-state index contributed by atoms with van der Waals surface area (Å²) >= 11 is 1.41. The molecule has 0 aliphatic heterocycles. The van der Waals surface area contributed by atoms with E-state index in [2.05, 4.69) is 11.4 Å². The molecular formula is C16H17N3OS. The van der Waals surface area contributed by atoms with Crippen molar-refractivity contribution < 1.29 is 4.79 Å². The van der Waals surface area contributed by atoms with Crippen molar-refractivity contribution in [3.8, 4) is 6.07 Å². The number of carbonyl (C=O) groups excluding carboxylic acids is 1. The molecule has 21 heavy (non-hydrogen) atoms. The molecule has 0 saturated carbocycles. The molecule has 5 heteroatoms. The van der Waals surface area contributed by atoms with E-state index in [1.165, 1.54) is 11.3 Å². The van der Waals surface area contributed by atoms with Gasteiger partial charge in [0.2, 0.25) is 5.91 Å². The van der Waals surface area contributed by atoms with Gasteiger partial charge >= 0.3 is 0 Å². The van der Waals surface area contributed by atoms with Gasteiger partial charge in [0, 0.05) is 4.88 Å². The van der Waals surface area contributed by atoms with Crippen molar-refractivity contribution in [1.29, 1.82) is 5.26 Å². The van der Waals surface area contributed by atoms with Crippen LogP contribution in [0.3, 0.4) is 0 Å². The topological polar surface area (TPSA) is 78.9 Å². The zero-order valence-corrected chi connectivity index (χ0v) is 12.8. The molecule has 1 unspecified atom stereocenters. The third kappa shape index (κ3) is 3.48. The van der Waals surface area contributed by atoms with Gasteiger partial charge in [-0.3, -0.25) is 4.79 Å². The van der Waals surface area contributed by atoms with Crippen LogP contribution in [0.2, 0.25) is 0 Å². The van der Waals surface area contributed by atoms with Crippen molar-refractivity contribution in [1.82, 2.24) is 0 Å². The Morgan fingerprint density at radius 3 is 2.67 bits per heavy atom. The minimum atomic E-state index is -0.637. The third-order valence-electron chi connectivity index (χ3n) is 3.37. The second-order valence-electron chi connectivity index (χ2n) is 4.88. The van der Waals surface area contributed by atoms with E-state index < -0.39 is 6.04 Å². The SMILES string of the molecule is Cc1sc(NC(=O)C(N)Cc2ccccc2)c(C#N)c1C. The number of thiophene rings is 1. The van der Waals surface area contributed by atoms with Gasteiger partial charge in [0.15, 0.2) is 0 Å². The van der Waals surface area contributed by atoms with Gasteiger partial charge in [-0.1, -0.05) is 30.3 Å². The number of carbonyl (C=O) groups is 1. The Kier molecular flexibility index (Phi) is 4.73. The number of nitrogens with two attached hydrogens (primary N) is 1. The summed E-state index contributed by atoms with van der Waals surface area (Å²) in [6.45, 7) is 3.81. The molecule has 0 radical (unpaired) electrons. The van der Waals surface area contributed by atoms with Crippen LogP contribution in [0.25, 0.3) is 0 Å². The summed E-state index contributed by atoms with van der Waals surface area (Å²) in [6.07, 6.45) is 0.470. The summed E-state index contributed by atoms with van der Waals surface area (Å²) in [5.74, 6) is -0.267. The standard InChI is InChI=1S/C16H17N3OS/c1-10-11(2)21-16(13(10)9-17)19-15(20)14(18)8-12-6-4-3-5-7-12/h3-7,14H,8,18H2,1-2H3,(H,19,20). The summed E-state index contributed by atoms with van der Waals surface area (Å²) in [7, 11) is 0. The second kappa shape index (κ2) is 6.53. The first-order chi connectivity index (χ1) is 10.0. The first-order valence-corrected chi connectivity index (χ1v) is 7.45. The van der Waals surface area contributed by atoms with Gasteiger partial charge in [-0.25, -0.2) is 0 Å². The molecule has 1 aromatic heterocycles. The molecule has 0 fully saturated rings. The molecular weight excluding hydrogens is 282 g/mol. The fourth-order valence-corrected chi connectivity index (χ4v) is 3.03. The second-order valence-corrected chi connectivity index (χ2v) is 6.11. The Morgan fingerprint density at radius 2 is 2.05 bits per heavy atom. The van der Waals surface area contributed by atoms with Crippen molar-refractivity contribution in [3.63, 3.8) is 0 Å². The van der Waals surface area contributed by atoms with Crippen LogP contribution in [0.1, 0.15) is 21.6 Å². The number of anilines is 1. The third-order valence-corrected chi connectivity index (χ3v) is 4.49. The Bertz CT molecular complexity index is 686. The zero-order valence-electron chi connectivity index (χ0n) is 12.0. The van der Waals surface area contributed by atoms with Crippen LogP contribution in [0.4, 0.5) is 5.00 Å². The number of nitrogens with zero attached hydrogens (tertiary/aromatic N) is 1. The lowest BCUT2D eigenvalue weighted by Crippen LogP contribution is -2.37. The maximum absolute atomic E-state index is 12.2. The van der Waals surface area contributed by atoms with Crippen LogP contribution in [0.15, 0.2) is 30.3 Å². The maximum Gasteiger partial charge on any atom is 0.242 e. The normalized spacial score (nSPS) is 11.7. The van der Waals surface area contributed by atoms with E-state index in [0.717, 1.165) is 16.0 Å². The van der Waals surface area contributed by atoms with E-state index in [1.54, 1.807) is 0 Å². The Hall–Kier alpha value is -2.16. The number of nitrogens with one attached hydrogen (secondary N) is 1. The van der Waals surface area contributed by atoms with E-state index in [9.17, 15) is 10.1 Å². The van der Waals surface area contributed by atoms with Gasteiger partial charge in [-0.15, -0.1) is 11.3 Å². The summed E-state index contributed by atoms with van der Waals surface area (Å²) in [6, 6.07) is 11.1. The number of rotatable bonds is 4. The maximum atomic E-state index is 12.2. The van der Waals surface area contributed by atoms with Crippen LogP contribution < -0.4 is 11.1 Å². The highest BCUT2D eigenvalue weighted by molar-refractivity contribution is 7.16. The minimum Gasteiger partial charge on any atom is -0.320 e. The van der Waals surface area contributed by atoms with E-state index in [-0.39, 0.29) is 5.91 Å². The molecule has 2 aromatic rings. The van der Waals surface area contributed by atoms with Gasteiger partial charge < -0.3 is 11.1 Å². The van der Waals surface area contributed by atoms with E-state index in [0.29, 0.717) is 17.0 Å². The molecule has 0 spiro atoms. The number of amides is 1. The molecule has 0 aliphatic rings. The molecule has 0 saturated heterocycles. The van der Waals surface area contributed by atoms with Gasteiger partial charge in [0.25, 0.3) is 0 Å². The quantitative estimate of drug-likeness (QED) is 0.911. The van der Waals surface area contributed by atoms with Gasteiger partial charge in [-0.2, -0.15) is 5.26 Å². The van der Waals surface area contributed by atoms with Crippen LogP contribution in [-0.4, -0.2) is 11.9 Å². The fourth-order valence-electron chi connectivity index (χ4n) is 2.01. The largest absolute Gasteiger partial charge is 0.320 e. The molecule has 1 aromatic carbocycles. The van der Waals surface area contributed by atoms with Gasteiger partial charge in [0.05, 0.1) is 11.6 Å². The van der Waals surface area contributed by atoms with Crippen molar-refractivity contribution >= 4 is 22.2 Å². The molecule has 1 amide bonds. The first kappa shape index (κ1) is 15.2. The molecule has 1 atom stereocenters. The van der Waals surface area contributed by atoms with Crippen LogP contribution >= 0.6 is 11.3 Å². The van der Waals surface area contributed by atoms with Crippen LogP contribution in [-0.2, 0) is 11.2 Å².